The molecule has 1 heterocycles. The van der Waals surface area contributed by atoms with Crippen molar-refractivity contribution in [2.75, 3.05) is 11.4 Å². The van der Waals surface area contributed by atoms with Crippen LogP contribution in [0.25, 0.3) is 0 Å². The van der Waals surface area contributed by atoms with Gasteiger partial charge in [0.05, 0.1) is 18.8 Å². The first-order chi connectivity index (χ1) is 14.4. The van der Waals surface area contributed by atoms with Crippen LogP contribution < -0.4 is 4.90 Å². The lowest BCUT2D eigenvalue weighted by Gasteiger charge is -2.22. The van der Waals surface area contributed by atoms with Crippen LogP contribution in [0, 0.1) is 5.82 Å². The first-order valence-corrected chi connectivity index (χ1v) is 11.5. The molecule has 0 saturated carbocycles. The fourth-order valence-electron chi connectivity index (χ4n) is 3.44. The van der Waals surface area contributed by atoms with Gasteiger partial charge < -0.3 is 4.90 Å². The van der Waals surface area contributed by atoms with Gasteiger partial charge in [0.1, 0.15) is 10.7 Å². The average molecular weight is 489 g/mol. The number of fused-ring (bicyclic) bond motifs is 1. The number of hydrogen-bond donors (Lipinski definition) is 0. The zero-order chi connectivity index (χ0) is 21.3. The van der Waals surface area contributed by atoms with E-state index in [1.807, 2.05) is 18.2 Å². The minimum Gasteiger partial charge on any atom is -0.305 e. The van der Waals surface area contributed by atoms with E-state index in [1.54, 1.807) is 42.5 Å². The van der Waals surface area contributed by atoms with E-state index in [-0.39, 0.29) is 30.2 Å². The molecule has 1 aliphatic heterocycles. The maximum atomic E-state index is 14.2. The summed E-state index contributed by atoms with van der Waals surface area (Å²) in [6, 6.07) is 19.8. The third kappa shape index (κ3) is 4.03. The Morgan fingerprint density at radius 1 is 0.933 bits per heavy atom. The molecule has 1 aliphatic rings. The molecule has 0 radical (unpaired) electrons. The maximum absolute atomic E-state index is 14.2. The Kier molecular flexibility index (Phi) is 5.73. The summed E-state index contributed by atoms with van der Waals surface area (Å²) in [4.78, 5) is 14.5. The van der Waals surface area contributed by atoms with E-state index < -0.39 is 21.7 Å². The molecule has 3 aromatic carbocycles. The summed E-state index contributed by atoms with van der Waals surface area (Å²) < 4.78 is 43.0. The molecule has 0 N–H and O–H groups in total. The normalized spacial score (nSPS) is 16.2. The van der Waals surface area contributed by atoms with Crippen molar-refractivity contribution in [3.63, 3.8) is 0 Å². The number of halogens is 2. The summed E-state index contributed by atoms with van der Waals surface area (Å²) >= 11 is 3.38. The molecule has 0 bridgehead atoms. The van der Waals surface area contributed by atoms with Gasteiger partial charge in [-0.15, -0.1) is 0 Å². The number of para-hydroxylation sites is 1. The third-order valence-electron chi connectivity index (χ3n) is 4.92. The molecule has 30 heavy (non-hydrogen) atoms. The minimum atomic E-state index is -3.94. The summed E-state index contributed by atoms with van der Waals surface area (Å²) in [5, 5.41) is 0. The summed E-state index contributed by atoms with van der Waals surface area (Å²) in [6.07, 6.45) is 0. The number of anilines is 1. The zero-order valence-electron chi connectivity index (χ0n) is 15.8. The molecule has 154 valence electrons. The molecule has 4 rings (SSSR count). The maximum Gasteiger partial charge on any atom is 0.245 e. The molecule has 5 nitrogen and oxygen atoms in total. The van der Waals surface area contributed by atoms with E-state index in [1.165, 1.54) is 17.0 Å². The highest BCUT2D eigenvalue weighted by Gasteiger charge is 2.36. The van der Waals surface area contributed by atoms with Crippen LogP contribution in [0.5, 0.6) is 0 Å². The van der Waals surface area contributed by atoms with Gasteiger partial charge in [0, 0.05) is 16.6 Å². The molecular formula is C22H18BrFN2O3S. The van der Waals surface area contributed by atoms with E-state index in [0.29, 0.717) is 5.56 Å². The van der Waals surface area contributed by atoms with Gasteiger partial charge in [0.2, 0.25) is 15.9 Å². The highest BCUT2D eigenvalue weighted by molar-refractivity contribution is 9.10. The summed E-state index contributed by atoms with van der Waals surface area (Å²) in [6.45, 7) is -0.337. The van der Waals surface area contributed by atoms with Gasteiger partial charge in [0.25, 0.3) is 0 Å². The summed E-state index contributed by atoms with van der Waals surface area (Å²) in [5.41, 5.74) is 1.32. The lowest BCUT2D eigenvalue weighted by Crippen LogP contribution is -2.38. The molecule has 0 unspecified atom stereocenters. The monoisotopic (exact) mass is 488 g/mol. The van der Waals surface area contributed by atoms with E-state index in [2.05, 4.69) is 15.9 Å². The predicted octanol–water partition coefficient (Wildman–Crippen LogP) is 4.33. The number of carbonyl (C=O) groups is 1. The predicted molar refractivity (Wildman–Crippen MR) is 116 cm³/mol. The lowest BCUT2D eigenvalue weighted by molar-refractivity contribution is -0.119. The number of sulfonamides is 1. The Morgan fingerprint density at radius 2 is 1.67 bits per heavy atom. The fourth-order valence-corrected chi connectivity index (χ4v) is 5.46. The number of amides is 1. The van der Waals surface area contributed by atoms with Crippen molar-refractivity contribution in [1.29, 1.82) is 0 Å². The van der Waals surface area contributed by atoms with Crippen LogP contribution in [-0.4, -0.2) is 25.2 Å². The second-order valence-electron chi connectivity index (χ2n) is 6.94. The van der Waals surface area contributed by atoms with Gasteiger partial charge in [0.15, 0.2) is 0 Å². The lowest BCUT2D eigenvalue weighted by atomic mass is 10.1. The molecule has 8 heteroatoms. The summed E-state index contributed by atoms with van der Waals surface area (Å²) in [5.74, 6) is -0.859. The second-order valence-corrected chi connectivity index (χ2v) is 9.76. The molecule has 3 aromatic rings. The van der Waals surface area contributed by atoms with Gasteiger partial charge in [-0.1, -0.05) is 58.4 Å². The van der Waals surface area contributed by atoms with Crippen molar-refractivity contribution in [3.8, 4) is 0 Å². The number of rotatable bonds is 4. The van der Waals surface area contributed by atoms with Crippen molar-refractivity contribution in [2.24, 2.45) is 0 Å². The number of nitrogens with zero attached hydrogens (tertiary/aromatic N) is 2. The van der Waals surface area contributed by atoms with E-state index in [9.17, 15) is 17.6 Å². The topological polar surface area (TPSA) is 57.7 Å². The SMILES string of the molecule is O=C1CN(Cc2cccc(Br)c2)S(=O)(=O)c2ccccc2N1Cc1ccccc1F. The molecule has 0 aliphatic carbocycles. The van der Waals surface area contributed by atoms with Crippen molar-refractivity contribution >= 4 is 37.5 Å². The number of benzene rings is 3. The number of carbonyl (C=O) groups excluding carboxylic acids is 1. The van der Waals surface area contributed by atoms with Crippen molar-refractivity contribution in [3.05, 3.63) is 94.2 Å². The Morgan fingerprint density at radius 3 is 2.43 bits per heavy atom. The van der Waals surface area contributed by atoms with Crippen molar-refractivity contribution < 1.29 is 17.6 Å². The van der Waals surface area contributed by atoms with Crippen LogP contribution in [0.2, 0.25) is 0 Å². The standard InChI is InChI=1S/C22H18BrFN2O3S/c23-18-8-5-6-16(12-18)13-25-15-22(27)26(14-17-7-1-2-9-19(17)24)20-10-3-4-11-21(20)30(25,28)29/h1-12H,13-15H2. The van der Waals surface area contributed by atoms with Crippen LogP contribution in [0.15, 0.2) is 82.2 Å². The molecule has 0 fully saturated rings. The van der Waals surface area contributed by atoms with Crippen molar-refractivity contribution in [2.45, 2.75) is 18.0 Å². The minimum absolute atomic E-state index is 0.0298. The Balaban J connectivity index is 1.76. The van der Waals surface area contributed by atoms with Crippen LogP contribution in [0.4, 0.5) is 10.1 Å². The smallest absolute Gasteiger partial charge is 0.245 e. The molecule has 0 aromatic heterocycles. The van der Waals surface area contributed by atoms with E-state index in [0.717, 1.165) is 14.3 Å². The van der Waals surface area contributed by atoms with Gasteiger partial charge in [-0.25, -0.2) is 12.8 Å². The van der Waals surface area contributed by atoms with E-state index >= 15 is 0 Å². The van der Waals surface area contributed by atoms with Crippen LogP contribution in [0.3, 0.4) is 0 Å². The second kappa shape index (κ2) is 8.29. The van der Waals surface area contributed by atoms with Crippen LogP contribution in [0.1, 0.15) is 11.1 Å². The molecule has 1 amide bonds. The summed E-state index contributed by atoms with van der Waals surface area (Å²) in [7, 11) is -3.94. The Hall–Kier alpha value is -2.55. The largest absolute Gasteiger partial charge is 0.305 e. The first kappa shape index (κ1) is 20.7. The van der Waals surface area contributed by atoms with Gasteiger partial charge in [-0.05, 0) is 35.9 Å². The first-order valence-electron chi connectivity index (χ1n) is 9.23. The van der Waals surface area contributed by atoms with Crippen LogP contribution in [-0.2, 0) is 27.9 Å². The van der Waals surface area contributed by atoms with E-state index in [4.69, 9.17) is 0 Å². The Labute approximate surface area is 182 Å². The van der Waals surface area contributed by atoms with Gasteiger partial charge in [-0.2, -0.15) is 4.31 Å². The molecule has 0 atom stereocenters. The van der Waals surface area contributed by atoms with Crippen molar-refractivity contribution in [1.82, 2.24) is 4.31 Å². The van der Waals surface area contributed by atoms with Gasteiger partial charge in [-0.3, -0.25) is 4.79 Å². The molecule has 0 saturated heterocycles. The highest BCUT2D eigenvalue weighted by Crippen LogP contribution is 2.33. The molecular weight excluding hydrogens is 471 g/mol. The fraction of sp³-hybridized carbons (Fsp3) is 0.136. The quantitative estimate of drug-likeness (QED) is 0.549. The highest BCUT2D eigenvalue weighted by atomic mass is 79.9. The average Bonchev–Trinajstić information content (AvgIpc) is 2.79. The van der Waals surface area contributed by atoms with Crippen LogP contribution >= 0.6 is 15.9 Å². The van der Waals surface area contributed by atoms with Gasteiger partial charge >= 0.3 is 0 Å². The zero-order valence-corrected chi connectivity index (χ0v) is 18.2. The third-order valence-corrected chi connectivity index (χ3v) is 7.25. The Bertz CT molecular complexity index is 1220. The molecule has 0 spiro atoms. The number of hydrogen-bond acceptors (Lipinski definition) is 3.